The van der Waals surface area contributed by atoms with Crippen LogP contribution in [0.4, 0.5) is 4.39 Å². The highest BCUT2D eigenvalue weighted by molar-refractivity contribution is 7.91. The van der Waals surface area contributed by atoms with Crippen LogP contribution in [0.25, 0.3) is 0 Å². The number of nitrogens with two attached hydrogens (primary N) is 1. The third-order valence-corrected chi connectivity index (χ3v) is 5.97. The fourth-order valence-corrected chi connectivity index (χ4v) is 4.55. The van der Waals surface area contributed by atoms with E-state index in [2.05, 4.69) is 0 Å². The highest BCUT2D eigenvalue weighted by atomic mass is 32.2. The fraction of sp³-hybridized carbons (Fsp3) is 0.571. The Labute approximate surface area is 113 Å². The van der Waals surface area contributed by atoms with Gasteiger partial charge in [0.1, 0.15) is 5.82 Å². The normalized spacial score (nSPS) is 17.6. The molecule has 1 aromatic rings. The first-order chi connectivity index (χ1) is 9.03. The van der Waals surface area contributed by atoms with Crippen LogP contribution >= 0.6 is 0 Å². The van der Waals surface area contributed by atoms with Crippen LogP contribution in [0.5, 0.6) is 0 Å². The molecule has 19 heavy (non-hydrogen) atoms. The number of sulfone groups is 1. The minimum Gasteiger partial charge on any atom is -0.326 e. The molecule has 0 atom stereocenters. The van der Waals surface area contributed by atoms with E-state index >= 15 is 0 Å². The molecule has 0 heterocycles. The van der Waals surface area contributed by atoms with E-state index in [1.54, 1.807) is 6.07 Å². The molecule has 106 valence electrons. The van der Waals surface area contributed by atoms with Gasteiger partial charge in [0.2, 0.25) is 0 Å². The molecule has 1 aliphatic carbocycles. The maximum absolute atomic E-state index is 13.8. The summed E-state index contributed by atoms with van der Waals surface area (Å²) in [5.74, 6) is -0.670. The van der Waals surface area contributed by atoms with E-state index in [0.29, 0.717) is 18.4 Å². The molecule has 1 aromatic carbocycles. The van der Waals surface area contributed by atoms with Gasteiger partial charge >= 0.3 is 0 Å². The van der Waals surface area contributed by atoms with Crippen molar-refractivity contribution in [1.82, 2.24) is 0 Å². The summed E-state index contributed by atoms with van der Waals surface area (Å²) < 4.78 is 38.4. The molecule has 5 heteroatoms. The third kappa shape index (κ3) is 3.54. The molecule has 1 saturated carbocycles. The van der Waals surface area contributed by atoms with Gasteiger partial charge in [0.25, 0.3) is 0 Å². The number of halogens is 1. The Balaban J connectivity index is 2.15. The van der Waals surface area contributed by atoms with E-state index in [1.165, 1.54) is 12.1 Å². The van der Waals surface area contributed by atoms with E-state index in [-0.39, 0.29) is 23.1 Å². The second kappa shape index (κ2) is 6.01. The number of hydrogen-bond donors (Lipinski definition) is 1. The molecule has 2 rings (SSSR count). The summed E-state index contributed by atoms with van der Waals surface area (Å²) in [7, 11) is -3.25. The van der Waals surface area contributed by atoms with Gasteiger partial charge in [0.05, 0.1) is 11.0 Å². The zero-order chi connectivity index (χ0) is 13.9. The van der Waals surface area contributed by atoms with E-state index < -0.39 is 15.7 Å². The first-order valence-electron chi connectivity index (χ1n) is 6.72. The second-order valence-electron chi connectivity index (χ2n) is 5.20. The molecular weight excluding hydrogens is 265 g/mol. The maximum Gasteiger partial charge on any atom is 0.157 e. The van der Waals surface area contributed by atoms with Crippen LogP contribution in [-0.2, 0) is 22.1 Å². The van der Waals surface area contributed by atoms with Crippen LogP contribution in [0.15, 0.2) is 18.2 Å². The van der Waals surface area contributed by atoms with Crippen molar-refractivity contribution < 1.29 is 12.8 Å². The van der Waals surface area contributed by atoms with Gasteiger partial charge in [-0.3, -0.25) is 0 Å². The fourth-order valence-electron chi connectivity index (χ4n) is 2.59. The molecule has 0 unspecified atom stereocenters. The van der Waals surface area contributed by atoms with Gasteiger partial charge in [0.15, 0.2) is 9.84 Å². The van der Waals surface area contributed by atoms with Crippen molar-refractivity contribution >= 4 is 9.84 Å². The lowest BCUT2D eigenvalue weighted by atomic mass is 10.0. The molecule has 0 amide bonds. The van der Waals surface area contributed by atoms with Gasteiger partial charge in [-0.15, -0.1) is 0 Å². The number of hydrogen-bond acceptors (Lipinski definition) is 3. The van der Waals surface area contributed by atoms with Gasteiger partial charge in [-0.2, -0.15) is 0 Å². The van der Waals surface area contributed by atoms with Crippen LogP contribution in [0.3, 0.4) is 0 Å². The molecule has 0 aromatic heterocycles. The molecular formula is C14H20FNO2S. The molecule has 0 saturated heterocycles. The molecule has 0 spiro atoms. The van der Waals surface area contributed by atoms with E-state index in [9.17, 15) is 12.8 Å². The SMILES string of the molecule is NCc1ccc(CS(=O)(=O)C2CCCCC2)c(F)c1. The second-order valence-corrected chi connectivity index (χ2v) is 7.48. The molecule has 0 aliphatic heterocycles. The highest BCUT2D eigenvalue weighted by Gasteiger charge is 2.28. The van der Waals surface area contributed by atoms with Crippen LogP contribution in [0.1, 0.15) is 43.2 Å². The first kappa shape index (κ1) is 14.5. The lowest BCUT2D eigenvalue weighted by Gasteiger charge is -2.21. The molecule has 3 nitrogen and oxygen atoms in total. The van der Waals surface area contributed by atoms with Crippen LogP contribution < -0.4 is 5.73 Å². The predicted molar refractivity (Wildman–Crippen MR) is 73.8 cm³/mol. The summed E-state index contributed by atoms with van der Waals surface area (Å²) in [6, 6.07) is 4.55. The van der Waals surface area contributed by atoms with Crippen LogP contribution in [0, 0.1) is 5.82 Å². The van der Waals surface area contributed by atoms with Crippen molar-refractivity contribution in [2.45, 2.75) is 49.7 Å². The Morgan fingerprint density at radius 1 is 1.21 bits per heavy atom. The summed E-state index contributed by atoms with van der Waals surface area (Å²) in [4.78, 5) is 0. The Bertz CT molecular complexity index is 536. The molecule has 1 fully saturated rings. The van der Waals surface area contributed by atoms with Crippen molar-refractivity contribution in [2.75, 3.05) is 0 Å². The van der Waals surface area contributed by atoms with E-state index in [1.807, 2.05) is 0 Å². The van der Waals surface area contributed by atoms with Crippen LogP contribution in [0.2, 0.25) is 0 Å². The van der Waals surface area contributed by atoms with Gasteiger partial charge in [-0.1, -0.05) is 31.4 Å². The Hall–Kier alpha value is -0.940. The van der Waals surface area contributed by atoms with Gasteiger partial charge < -0.3 is 5.73 Å². The Morgan fingerprint density at radius 3 is 2.47 bits per heavy atom. The number of benzene rings is 1. The van der Waals surface area contributed by atoms with Gasteiger partial charge in [0, 0.05) is 12.1 Å². The van der Waals surface area contributed by atoms with Crippen molar-refractivity contribution in [2.24, 2.45) is 5.73 Å². The zero-order valence-corrected chi connectivity index (χ0v) is 11.8. The third-order valence-electron chi connectivity index (χ3n) is 3.77. The quantitative estimate of drug-likeness (QED) is 0.924. The zero-order valence-electron chi connectivity index (χ0n) is 10.9. The van der Waals surface area contributed by atoms with Crippen molar-refractivity contribution in [1.29, 1.82) is 0 Å². The lowest BCUT2D eigenvalue weighted by molar-refractivity contribution is 0.482. The molecule has 1 aliphatic rings. The standard InChI is InChI=1S/C14H20FNO2S/c15-14-8-11(9-16)6-7-12(14)10-19(17,18)13-4-2-1-3-5-13/h6-8,13H,1-5,9-10,16H2. The minimum absolute atomic E-state index is 0.200. The molecule has 2 N–H and O–H groups in total. The highest BCUT2D eigenvalue weighted by Crippen LogP contribution is 2.26. The van der Waals surface area contributed by atoms with Crippen molar-refractivity contribution in [3.8, 4) is 0 Å². The van der Waals surface area contributed by atoms with Gasteiger partial charge in [-0.05, 0) is 24.5 Å². The van der Waals surface area contributed by atoms with Crippen LogP contribution in [-0.4, -0.2) is 13.7 Å². The smallest absolute Gasteiger partial charge is 0.157 e. The maximum atomic E-state index is 13.8. The summed E-state index contributed by atoms with van der Waals surface area (Å²) in [5.41, 5.74) is 6.36. The van der Waals surface area contributed by atoms with Gasteiger partial charge in [-0.25, -0.2) is 12.8 Å². The van der Waals surface area contributed by atoms with E-state index in [4.69, 9.17) is 5.73 Å². The lowest BCUT2D eigenvalue weighted by Crippen LogP contribution is -2.25. The molecule has 0 radical (unpaired) electrons. The number of rotatable bonds is 4. The Kier molecular flexibility index (Phi) is 4.58. The summed E-state index contributed by atoms with van der Waals surface area (Å²) in [5, 5.41) is -0.296. The first-order valence-corrected chi connectivity index (χ1v) is 8.43. The minimum atomic E-state index is -3.25. The van der Waals surface area contributed by atoms with Crippen molar-refractivity contribution in [3.05, 3.63) is 35.1 Å². The summed E-state index contributed by atoms with van der Waals surface area (Å²) >= 11 is 0. The topological polar surface area (TPSA) is 60.2 Å². The monoisotopic (exact) mass is 285 g/mol. The average Bonchev–Trinajstić information content (AvgIpc) is 2.42. The average molecular weight is 285 g/mol. The largest absolute Gasteiger partial charge is 0.326 e. The summed E-state index contributed by atoms with van der Waals surface area (Å²) in [6.45, 7) is 0.257. The van der Waals surface area contributed by atoms with E-state index in [0.717, 1.165) is 19.3 Å². The Morgan fingerprint density at radius 2 is 1.89 bits per heavy atom. The molecule has 0 bridgehead atoms. The summed E-state index contributed by atoms with van der Waals surface area (Å²) in [6.07, 6.45) is 4.44. The predicted octanol–water partition coefficient (Wildman–Crippen LogP) is 2.53. The van der Waals surface area contributed by atoms with Crippen molar-refractivity contribution in [3.63, 3.8) is 0 Å².